The Morgan fingerprint density at radius 1 is 0.939 bits per heavy atom. The molecule has 172 valence electrons. The molecule has 4 nitrogen and oxygen atoms in total. The fourth-order valence-corrected chi connectivity index (χ4v) is 3.96. The monoisotopic (exact) mass is 454 g/mol. The van der Waals surface area contributed by atoms with E-state index >= 15 is 0 Å². The third kappa shape index (κ3) is 5.86. The number of hydrogen-bond acceptors (Lipinski definition) is 2. The molecule has 0 fully saturated rings. The van der Waals surface area contributed by atoms with Crippen LogP contribution < -0.4 is 10.1 Å². The minimum atomic E-state index is -4.38. The average molecular weight is 454 g/mol. The highest BCUT2D eigenvalue weighted by Gasteiger charge is 2.30. The molecule has 1 N–H and O–H groups in total. The number of halogens is 3. The standard InChI is InChI=1S/C26H25F3N2O2/c27-26(28,29)20-9-7-19(8-10-20)23-5-1-2-6-24(23)25(32)30-21-11-13-22(14-12-21)33-18-17-31-15-3-4-16-31/h3-4,7-16H,1-2,5-6,17-18H2,(H,30,32). The van der Waals surface area contributed by atoms with Crippen LogP contribution in [0, 0.1) is 0 Å². The van der Waals surface area contributed by atoms with Gasteiger partial charge in [0.2, 0.25) is 0 Å². The number of hydrogen-bond donors (Lipinski definition) is 1. The Labute approximate surface area is 190 Å². The first kappa shape index (κ1) is 22.7. The maximum Gasteiger partial charge on any atom is 0.416 e. The molecule has 4 rings (SSSR count). The van der Waals surface area contributed by atoms with Crippen molar-refractivity contribution in [2.24, 2.45) is 0 Å². The molecule has 0 spiro atoms. The summed E-state index contributed by atoms with van der Waals surface area (Å²) in [5.74, 6) is 0.494. The maximum absolute atomic E-state index is 13.0. The average Bonchev–Trinajstić information content (AvgIpc) is 3.33. The number of nitrogens with one attached hydrogen (secondary N) is 1. The number of carbonyl (C=O) groups is 1. The first-order chi connectivity index (χ1) is 15.9. The van der Waals surface area contributed by atoms with Crippen LogP contribution in [0.4, 0.5) is 18.9 Å². The van der Waals surface area contributed by atoms with Gasteiger partial charge in [0.25, 0.3) is 5.91 Å². The minimum absolute atomic E-state index is 0.217. The lowest BCUT2D eigenvalue weighted by Gasteiger charge is -2.21. The molecule has 7 heteroatoms. The van der Waals surface area contributed by atoms with E-state index in [1.807, 2.05) is 29.1 Å². The summed E-state index contributed by atoms with van der Waals surface area (Å²) in [6, 6.07) is 16.1. The van der Waals surface area contributed by atoms with E-state index in [9.17, 15) is 18.0 Å². The molecule has 1 aromatic heterocycles. The number of amides is 1. The lowest BCUT2D eigenvalue weighted by atomic mass is 9.86. The van der Waals surface area contributed by atoms with Crippen LogP contribution in [0.15, 0.2) is 78.6 Å². The molecular weight excluding hydrogens is 429 g/mol. The van der Waals surface area contributed by atoms with Crippen molar-refractivity contribution in [1.82, 2.24) is 4.57 Å². The van der Waals surface area contributed by atoms with Gasteiger partial charge in [-0.2, -0.15) is 13.2 Å². The van der Waals surface area contributed by atoms with Gasteiger partial charge in [-0.3, -0.25) is 4.79 Å². The van der Waals surface area contributed by atoms with Gasteiger partial charge in [0, 0.05) is 23.7 Å². The minimum Gasteiger partial charge on any atom is -0.492 e. The van der Waals surface area contributed by atoms with Crippen LogP contribution >= 0.6 is 0 Å². The molecule has 0 saturated heterocycles. The molecule has 1 aliphatic carbocycles. The van der Waals surface area contributed by atoms with Crippen LogP contribution in [-0.2, 0) is 17.5 Å². The highest BCUT2D eigenvalue weighted by atomic mass is 19.4. The van der Waals surface area contributed by atoms with Crippen LogP contribution in [0.3, 0.4) is 0 Å². The largest absolute Gasteiger partial charge is 0.492 e. The zero-order chi connectivity index (χ0) is 23.3. The smallest absolute Gasteiger partial charge is 0.416 e. The molecule has 3 aromatic rings. The van der Waals surface area contributed by atoms with Gasteiger partial charge in [0.1, 0.15) is 12.4 Å². The normalized spacial score (nSPS) is 14.3. The van der Waals surface area contributed by atoms with Crippen molar-refractivity contribution in [3.8, 4) is 5.75 Å². The van der Waals surface area contributed by atoms with E-state index < -0.39 is 11.7 Å². The van der Waals surface area contributed by atoms with E-state index in [1.165, 1.54) is 12.1 Å². The molecule has 0 saturated carbocycles. The number of anilines is 1. The number of allylic oxidation sites excluding steroid dienone is 1. The van der Waals surface area contributed by atoms with E-state index in [1.54, 1.807) is 24.3 Å². The summed E-state index contributed by atoms with van der Waals surface area (Å²) >= 11 is 0. The van der Waals surface area contributed by atoms with Crippen LogP contribution in [0.2, 0.25) is 0 Å². The van der Waals surface area contributed by atoms with Crippen molar-refractivity contribution in [1.29, 1.82) is 0 Å². The predicted octanol–water partition coefficient (Wildman–Crippen LogP) is 6.55. The maximum atomic E-state index is 13.0. The Kier molecular flexibility index (Phi) is 6.87. The van der Waals surface area contributed by atoms with Gasteiger partial charge in [-0.15, -0.1) is 0 Å². The SMILES string of the molecule is O=C(Nc1ccc(OCCn2cccc2)cc1)C1=C(c2ccc(C(F)(F)F)cc2)CCCC1. The molecule has 0 aliphatic heterocycles. The molecule has 33 heavy (non-hydrogen) atoms. The topological polar surface area (TPSA) is 43.3 Å². The summed E-state index contributed by atoms with van der Waals surface area (Å²) < 4.78 is 46.4. The Morgan fingerprint density at radius 2 is 1.61 bits per heavy atom. The van der Waals surface area contributed by atoms with Gasteiger partial charge in [-0.1, -0.05) is 12.1 Å². The Hall–Kier alpha value is -3.48. The van der Waals surface area contributed by atoms with Crippen LogP contribution in [-0.4, -0.2) is 17.1 Å². The van der Waals surface area contributed by atoms with Gasteiger partial charge < -0.3 is 14.6 Å². The van der Waals surface area contributed by atoms with Gasteiger partial charge >= 0.3 is 6.18 Å². The van der Waals surface area contributed by atoms with E-state index in [-0.39, 0.29) is 5.91 Å². The Balaban J connectivity index is 1.42. The van der Waals surface area contributed by atoms with E-state index in [0.717, 1.165) is 37.1 Å². The van der Waals surface area contributed by atoms with Crippen molar-refractivity contribution < 1.29 is 22.7 Å². The van der Waals surface area contributed by atoms with Crippen LogP contribution in [0.5, 0.6) is 5.75 Å². The summed E-state index contributed by atoms with van der Waals surface area (Å²) in [5.41, 5.74) is 2.07. The van der Waals surface area contributed by atoms with Gasteiger partial charge in [-0.05, 0) is 85.4 Å². The molecule has 1 aliphatic rings. The molecule has 2 aromatic carbocycles. The first-order valence-electron chi connectivity index (χ1n) is 10.9. The molecule has 0 unspecified atom stereocenters. The van der Waals surface area contributed by atoms with Crippen molar-refractivity contribution >= 4 is 17.2 Å². The molecule has 0 radical (unpaired) electrons. The van der Waals surface area contributed by atoms with Crippen molar-refractivity contribution in [3.63, 3.8) is 0 Å². The Morgan fingerprint density at radius 3 is 2.27 bits per heavy atom. The van der Waals surface area contributed by atoms with Gasteiger partial charge in [-0.25, -0.2) is 0 Å². The second kappa shape index (κ2) is 9.98. The molecule has 1 amide bonds. The fourth-order valence-electron chi connectivity index (χ4n) is 3.96. The van der Waals surface area contributed by atoms with Gasteiger partial charge in [0.05, 0.1) is 12.1 Å². The molecular formula is C26H25F3N2O2. The van der Waals surface area contributed by atoms with E-state index in [0.29, 0.717) is 42.0 Å². The number of aromatic nitrogens is 1. The summed E-state index contributed by atoms with van der Waals surface area (Å²) in [7, 11) is 0. The third-order valence-electron chi connectivity index (χ3n) is 5.70. The highest BCUT2D eigenvalue weighted by molar-refractivity contribution is 6.09. The highest BCUT2D eigenvalue weighted by Crippen LogP contribution is 2.35. The second-order valence-corrected chi connectivity index (χ2v) is 7.99. The first-order valence-corrected chi connectivity index (χ1v) is 10.9. The quantitative estimate of drug-likeness (QED) is 0.440. The number of carbonyl (C=O) groups excluding carboxylic acids is 1. The van der Waals surface area contributed by atoms with E-state index in [4.69, 9.17) is 4.74 Å². The van der Waals surface area contributed by atoms with E-state index in [2.05, 4.69) is 5.32 Å². The molecule has 1 heterocycles. The van der Waals surface area contributed by atoms with Crippen molar-refractivity contribution in [3.05, 3.63) is 89.8 Å². The van der Waals surface area contributed by atoms with Crippen molar-refractivity contribution in [2.75, 3.05) is 11.9 Å². The third-order valence-corrected chi connectivity index (χ3v) is 5.70. The van der Waals surface area contributed by atoms with Gasteiger partial charge in [0.15, 0.2) is 0 Å². The molecule has 0 atom stereocenters. The summed E-state index contributed by atoms with van der Waals surface area (Å²) in [6.45, 7) is 1.27. The number of alkyl halides is 3. The second-order valence-electron chi connectivity index (χ2n) is 7.99. The lowest BCUT2D eigenvalue weighted by molar-refractivity contribution is -0.137. The van der Waals surface area contributed by atoms with Crippen LogP contribution in [0.25, 0.3) is 5.57 Å². The zero-order valence-electron chi connectivity index (χ0n) is 18.1. The lowest BCUT2D eigenvalue weighted by Crippen LogP contribution is -2.18. The summed E-state index contributed by atoms with van der Waals surface area (Å²) in [4.78, 5) is 13.0. The zero-order valence-corrected chi connectivity index (χ0v) is 18.1. The summed E-state index contributed by atoms with van der Waals surface area (Å²) in [5, 5.41) is 2.92. The Bertz CT molecular complexity index is 1100. The van der Waals surface area contributed by atoms with Crippen molar-refractivity contribution in [2.45, 2.75) is 38.4 Å². The van der Waals surface area contributed by atoms with Crippen LogP contribution in [0.1, 0.15) is 36.8 Å². The number of benzene rings is 2. The fraction of sp³-hybridized carbons (Fsp3) is 0.269. The number of nitrogens with zero attached hydrogens (tertiary/aromatic N) is 1. The predicted molar refractivity (Wildman–Crippen MR) is 122 cm³/mol. The molecule has 0 bridgehead atoms. The summed E-state index contributed by atoms with van der Waals surface area (Å²) in [6.07, 6.45) is 2.62. The number of rotatable bonds is 7. The number of ether oxygens (including phenoxy) is 1.